The summed E-state index contributed by atoms with van der Waals surface area (Å²) in [7, 11) is 0. The first kappa shape index (κ1) is 16.4. The van der Waals surface area contributed by atoms with E-state index in [0.717, 1.165) is 23.2 Å². The van der Waals surface area contributed by atoms with Crippen LogP contribution in [-0.4, -0.2) is 21.9 Å². The van der Waals surface area contributed by atoms with Crippen LogP contribution >= 0.6 is 0 Å². The second-order valence-corrected chi connectivity index (χ2v) is 6.26. The van der Waals surface area contributed by atoms with Gasteiger partial charge >= 0.3 is 0 Å². The molecule has 126 valence electrons. The molecule has 1 aliphatic heterocycles. The van der Waals surface area contributed by atoms with Crippen molar-refractivity contribution < 1.29 is 9.18 Å². The molecule has 0 N–H and O–H groups in total. The van der Waals surface area contributed by atoms with Crippen molar-refractivity contribution >= 4 is 5.91 Å². The fourth-order valence-electron chi connectivity index (χ4n) is 3.39. The number of benzene rings is 1. The van der Waals surface area contributed by atoms with E-state index < -0.39 is 0 Å². The first-order valence-corrected chi connectivity index (χ1v) is 8.21. The van der Waals surface area contributed by atoms with Gasteiger partial charge in [-0.25, -0.2) is 4.39 Å². The molecule has 5 heteroatoms. The van der Waals surface area contributed by atoms with E-state index in [0.29, 0.717) is 13.1 Å². The number of hydrogen-bond donors (Lipinski definition) is 0. The second kappa shape index (κ2) is 6.59. The van der Waals surface area contributed by atoms with Gasteiger partial charge in [-0.2, -0.15) is 0 Å². The lowest BCUT2D eigenvalue weighted by Crippen LogP contribution is -2.39. The van der Waals surface area contributed by atoms with Gasteiger partial charge in [0.15, 0.2) is 0 Å². The van der Waals surface area contributed by atoms with Crippen LogP contribution in [0.3, 0.4) is 0 Å². The number of aryl methyl sites for hydroxylation is 1. The van der Waals surface area contributed by atoms with Crippen LogP contribution in [0.1, 0.15) is 36.2 Å². The Hall–Kier alpha value is -2.43. The average molecular weight is 328 g/mol. The fourth-order valence-corrected chi connectivity index (χ4v) is 3.39. The molecule has 0 fully saturated rings. The van der Waals surface area contributed by atoms with E-state index >= 15 is 0 Å². The molecule has 0 radical (unpaired) electrons. The first-order chi connectivity index (χ1) is 11.5. The number of pyridine rings is 1. The molecule has 1 aromatic carbocycles. The molecule has 4 nitrogen and oxygen atoms in total. The Bertz CT molecular complexity index is 828. The van der Waals surface area contributed by atoms with Crippen molar-refractivity contribution in [2.45, 2.75) is 39.3 Å². The highest BCUT2D eigenvalue weighted by Gasteiger charge is 2.27. The molecule has 1 aliphatic rings. The molecule has 1 unspecified atom stereocenters. The van der Waals surface area contributed by atoms with Gasteiger partial charge in [-0.15, -0.1) is 0 Å². The summed E-state index contributed by atoms with van der Waals surface area (Å²) in [5.74, 6) is -0.283. The summed E-state index contributed by atoms with van der Waals surface area (Å²) in [5, 5.41) is 0. The van der Waals surface area contributed by atoms with E-state index in [1.807, 2.05) is 19.9 Å². The van der Waals surface area contributed by atoms with Gasteiger partial charge in [0.2, 0.25) is 5.91 Å². The maximum atomic E-state index is 13.5. The number of amides is 1. The first-order valence-electron chi connectivity index (χ1n) is 8.21. The summed E-state index contributed by atoms with van der Waals surface area (Å²) in [4.78, 5) is 26.3. The van der Waals surface area contributed by atoms with Crippen molar-refractivity contribution in [3.63, 3.8) is 0 Å². The lowest BCUT2D eigenvalue weighted by Gasteiger charge is -2.35. The van der Waals surface area contributed by atoms with Crippen LogP contribution in [0.5, 0.6) is 0 Å². The van der Waals surface area contributed by atoms with Crippen LogP contribution in [0.25, 0.3) is 0 Å². The summed E-state index contributed by atoms with van der Waals surface area (Å²) in [6.07, 6.45) is 0.996. The van der Waals surface area contributed by atoms with E-state index in [2.05, 4.69) is 0 Å². The second-order valence-electron chi connectivity index (χ2n) is 6.26. The quantitative estimate of drug-likeness (QED) is 0.869. The summed E-state index contributed by atoms with van der Waals surface area (Å²) in [6.45, 7) is 4.77. The third-order valence-electron chi connectivity index (χ3n) is 4.79. The predicted molar refractivity (Wildman–Crippen MR) is 90.3 cm³/mol. The molecule has 1 amide bonds. The number of carbonyl (C=O) groups excluding carboxylic acids is 1. The van der Waals surface area contributed by atoms with Crippen LogP contribution in [0.4, 0.5) is 4.39 Å². The van der Waals surface area contributed by atoms with E-state index in [4.69, 9.17) is 0 Å². The molecule has 0 saturated heterocycles. The van der Waals surface area contributed by atoms with E-state index in [9.17, 15) is 14.0 Å². The topological polar surface area (TPSA) is 42.3 Å². The van der Waals surface area contributed by atoms with Crippen molar-refractivity contribution in [2.24, 2.45) is 0 Å². The van der Waals surface area contributed by atoms with E-state index in [-0.39, 0.29) is 29.7 Å². The van der Waals surface area contributed by atoms with Crippen molar-refractivity contribution in [3.8, 4) is 0 Å². The molecule has 0 aliphatic carbocycles. The van der Waals surface area contributed by atoms with Crippen LogP contribution in [0.2, 0.25) is 0 Å². The van der Waals surface area contributed by atoms with Gasteiger partial charge < -0.3 is 9.47 Å². The standard InChI is InChI=1S/C19H21FN2O2/c1-13-4-3-5-18(23)21(13)11-9-19(24)22-10-8-15-6-7-16(20)12-17(15)14(22)2/h3-7,12,14H,8-11H2,1-2H3. The zero-order chi connectivity index (χ0) is 17.3. The number of carbonyl (C=O) groups is 1. The summed E-state index contributed by atoms with van der Waals surface area (Å²) < 4.78 is 15.1. The smallest absolute Gasteiger partial charge is 0.250 e. The Morgan fingerprint density at radius 1 is 1.29 bits per heavy atom. The minimum absolute atomic E-state index is 0.00688. The lowest BCUT2D eigenvalue weighted by molar-refractivity contribution is -0.134. The van der Waals surface area contributed by atoms with Crippen molar-refractivity contribution in [2.75, 3.05) is 6.54 Å². The minimum atomic E-state index is -0.277. The molecule has 0 saturated carbocycles. The highest BCUT2D eigenvalue weighted by atomic mass is 19.1. The summed E-state index contributed by atoms with van der Waals surface area (Å²) in [6, 6.07) is 9.71. The highest BCUT2D eigenvalue weighted by molar-refractivity contribution is 5.77. The third-order valence-corrected chi connectivity index (χ3v) is 4.79. The Kier molecular flexibility index (Phi) is 4.51. The molecule has 0 bridgehead atoms. The Balaban J connectivity index is 1.73. The average Bonchev–Trinajstić information content (AvgIpc) is 2.55. The maximum Gasteiger partial charge on any atom is 0.250 e. The molecule has 1 aromatic heterocycles. The normalized spacial score (nSPS) is 16.8. The molecular weight excluding hydrogens is 307 g/mol. The van der Waals surface area contributed by atoms with Gasteiger partial charge in [-0.05, 0) is 49.6 Å². The van der Waals surface area contributed by atoms with Gasteiger partial charge in [0.1, 0.15) is 5.82 Å². The van der Waals surface area contributed by atoms with Crippen LogP contribution in [0.15, 0.2) is 41.2 Å². The number of halogens is 1. The largest absolute Gasteiger partial charge is 0.336 e. The van der Waals surface area contributed by atoms with Gasteiger partial charge in [0.05, 0.1) is 6.04 Å². The van der Waals surface area contributed by atoms with Crippen LogP contribution < -0.4 is 5.56 Å². The Morgan fingerprint density at radius 2 is 2.08 bits per heavy atom. The van der Waals surface area contributed by atoms with Crippen molar-refractivity contribution in [3.05, 3.63) is 69.4 Å². The van der Waals surface area contributed by atoms with Crippen LogP contribution in [-0.2, 0) is 17.8 Å². The van der Waals surface area contributed by atoms with Crippen molar-refractivity contribution in [1.29, 1.82) is 0 Å². The number of aromatic nitrogens is 1. The van der Waals surface area contributed by atoms with Gasteiger partial charge in [-0.1, -0.05) is 12.1 Å². The highest BCUT2D eigenvalue weighted by Crippen LogP contribution is 2.30. The van der Waals surface area contributed by atoms with Gasteiger partial charge in [0, 0.05) is 31.3 Å². The predicted octanol–water partition coefficient (Wildman–Crippen LogP) is 2.83. The number of rotatable bonds is 3. The van der Waals surface area contributed by atoms with Crippen LogP contribution in [0, 0.1) is 12.7 Å². The zero-order valence-corrected chi connectivity index (χ0v) is 14.0. The lowest BCUT2D eigenvalue weighted by atomic mass is 9.93. The minimum Gasteiger partial charge on any atom is -0.336 e. The van der Waals surface area contributed by atoms with Gasteiger partial charge in [-0.3, -0.25) is 9.59 Å². The fraction of sp³-hybridized carbons (Fsp3) is 0.368. The maximum absolute atomic E-state index is 13.5. The molecule has 2 heterocycles. The molecule has 24 heavy (non-hydrogen) atoms. The third kappa shape index (κ3) is 3.11. The molecule has 2 aromatic rings. The molecule has 1 atom stereocenters. The number of hydrogen-bond acceptors (Lipinski definition) is 2. The molecule has 3 rings (SSSR count). The summed E-state index contributed by atoms with van der Waals surface area (Å²) >= 11 is 0. The van der Waals surface area contributed by atoms with Gasteiger partial charge in [0.25, 0.3) is 5.56 Å². The number of fused-ring (bicyclic) bond motifs is 1. The zero-order valence-electron chi connectivity index (χ0n) is 14.0. The SMILES string of the molecule is Cc1cccc(=O)n1CCC(=O)N1CCc2ccc(F)cc2C1C. The van der Waals surface area contributed by atoms with E-state index in [1.165, 1.54) is 18.2 Å². The number of nitrogens with zero attached hydrogens (tertiary/aromatic N) is 2. The monoisotopic (exact) mass is 328 g/mol. The Morgan fingerprint density at radius 3 is 2.83 bits per heavy atom. The summed E-state index contributed by atoms with van der Waals surface area (Å²) in [5.41, 5.74) is 2.72. The molecular formula is C19H21FN2O2. The Labute approximate surface area is 140 Å². The van der Waals surface area contributed by atoms with E-state index in [1.54, 1.807) is 21.6 Å². The van der Waals surface area contributed by atoms with Crippen molar-refractivity contribution in [1.82, 2.24) is 9.47 Å². The molecule has 0 spiro atoms.